The van der Waals surface area contributed by atoms with E-state index in [1.807, 2.05) is 0 Å². The molecule has 0 N–H and O–H groups in total. The van der Waals surface area contributed by atoms with E-state index >= 15 is 0 Å². The van der Waals surface area contributed by atoms with E-state index < -0.39 is 282 Å². The van der Waals surface area contributed by atoms with Crippen LogP contribution in [0.1, 0.15) is 43.9 Å². The Morgan fingerprint density at radius 1 is 0.160 bits per heavy atom. The van der Waals surface area contributed by atoms with Gasteiger partial charge in [0.05, 0.1) is 88.0 Å². The van der Waals surface area contributed by atoms with Crippen LogP contribution in [0, 0.1) is 0 Å². The largest absolute Gasteiger partial charge is 0.309 e. The minimum atomic E-state index is -1.12. The van der Waals surface area contributed by atoms with Gasteiger partial charge in [-0.1, -0.05) is 266 Å². The fourth-order valence-corrected chi connectivity index (χ4v) is 13.4. The van der Waals surface area contributed by atoms with Crippen LogP contribution in [0.5, 0.6) is 0 Å². The summed E-state index contributed by atoms with van der Waals surface area (Å²) in [4.78, 5) is 0. The minimum Gasteiger partial charge on any atom is -0.309 e. The number of hydrogen-bond donors (Lipinski definition) is 0. The second-order valence-electron chi connectivity index (χ2n) is 23.5. The molecule has 20 aromatic rings. The van der Waals surface area contributed by atoms with Crippen LogP contribution in [0.25, 0.3) is 177 Å². The summed E-state index contributed by atoms with van der Waals surface area (Å²) in [6.45, 7) is 0. The zero-order valence-electron chi connectivity index (χ0n) is 84.3. The van der Waals surface area contributed by atoms with Crippen molar-refractivity contribution in [3.63, 3.8) is 0 Å². The maximum absolute atomic E-state index is 9.89. The SMILES string of the molecule is [2H]c1c([2H])c([2H])c(-c2c([2H])c([2H])c([2H])c(-n3c4c([2H])c([2H])c([2H])c([2H])c4c4c([2H])c(-c5c([2H])c([2H])c6c(c5[2H])c5c([2H])c([2H])c([2H])c([2H])c5n6-c5c([2H])c([2H])c([2H])c(-c6c([2H])c([2H])c([2H])c([2H])c6[2H])c5[2H])c([2H])c([2H])c43)c2[2H])c([2H])c1[2H].c1ccc(-c2cccc(-n3c4ccccc4c4cc(-c5ccc6c(c5)c5ccccc5n6-c5cccc(-c6ccccc6)c5)ccc43)c2)cc1. The van der Waals surface area contributed by atoms with E-state index in [-0.39, 0.29) is 0 Å². The molecule has 4 heterocycles. The van der Waals surface area contributed by atoms with Gasteiger partial charge in [0.1, 0.15) is 0 Å². The maximum atomic E-state index is 9.89. The highest BCUT2D eigenvalue weighted by Gasteiger charge is 2.20. The molecule has 4 heteroatoms. The monoisotopic (exact) mass is 1300 g/mol. The van der Waals surface area contributed by atoms with Crippen LogP contribution >= 0.6 is 0 Å². The molecule has 468 valence electrons. The Kier molecular flexibility index (Phi) is 8.33. The summed E-state index contributed by atoms with van der Waals surface area (Å²) in [6.07, 6.45) is 0. The second kappa shape index (κ2) is 24.4. The summed E-state index contributed by atoms with van der Waals surface area (Å²) in [5.41, 5.74) is 4.70. The number of hydrogen-bond acceptors (Lipinski definition) is 0. The predicted molar refractivity (Wildman–Crippen MR) is 423 cm³/mol. The van der Waals surface area contributed by atoms with Crippen molar-refractivity contribution < 1.29 is 43.9 Å². The Bertz CT molecular complexity index is 8000. The van der Waals surface area contributed by atoms with Crippen LogP contribution in [-0.2, 0) is 0 Å². The lowest BCUT2D eigenvalue weighted by Gasteiger charge is -2.11. The molecule has 100 heavy (non-hydrogen) atoms. The summed E-state index contributed by atoms with van der Waals surface area (Å²) in [5, 5.41) is 2.29. The number of nitrogens with zero attached hydrogens (tertiary/aromatic N) is 4. The highest BCUT2D eigenvalue weighted by atomic mass is 15.0. The molecule has 0 unspecified atom stereocenters. The van der Waals surface area contributed by atoms with E-state index in [9.17, 15) is 16.4 Å². The molecule has 20 rings (SSSR count). The molecule has 16 aromatic carbocycles. The number of rotatable bonds is 10. The number of aromatic nitrogens is 4. The van der Waals surface area contributed by atoms with E-state index in [2.05, 4.69) is 203 Å². The summed E-state index contributed by atoms with van der Waals surface area (Å²) in [6, 6.07) is 38.8. The van der Waals surface area contributed by atoms with Gasteiger partial charge in [-0.2, -0.15) is 0 Å². The van der Waals surface area contributed by atoms with Crippen LogP contribution < -0.4 is 0 Å². The quantitative estimate of drug-likeness (QED) is 0.130. The van der Waals surface area contributed by atoms with Crippen molar-refractivity contribution in [3.8, 4) is 89.5 Å². The first kappa shape index (κ1) is 34.1. The van der Waals surface area contributed by atoms with Gasteiger partial charge in [-0.05, 0) is 188 Å². The van der Waals surface area contributed by atoms with Gasteiger partial charge in [0.15, 0.2) is 0 Å². The van der Waals surface area contributed by atoms with Crippen molar-refractivity contribution in [1.82, 2.24) is 18.3 Å². The number of fused-ring (bicyclic) bond motifs is 12. The van der Waals surface area contributed by atoms with Crippen molar-refractivity contribution in [2.75, 3.05) is 0 Å². The molecule has 0 saturated heterocycles. The zero-order valence-corrected chi connectivity index (χ0v) is 52.3. The number of para-hydroxylation sites is 4. The predicted octanol–water partition coefficient (Wildman–Crippen LogP) is 25.8. The van der Waals surface area contributed by atoms with Crippen molar-refractivity contribution in [2.45, 2.75) is 0 Å². The van der Waals surface area contributed by atoms with Crippen molar-refractivity contribution in [2.24, 2.45) is 0 Å². The molecule has 4 aromatic heterocycles. The standard InChI is InChI=1S/2C48H32N2/c2*1-3-13-33(14-4-1)35-17-11-19-39(29-35)49-45-23-9-7-21-41(45)43-31-37(25-27-47(43)49)38-26-28-48-44(32-38)42-22-8-10-24-46(42)50(48)40-20-12-18-36(30-40)34-15-5-2-6-16-34/h2*1-32H/i1D,2D,3D,4D,5D,6D,7D,8D,9D,10D,11D,12D,13D,14D,15D,16D,17D,18D,19D,20D,21D,22D,23D,24D,25D,26D,27D,28D,29D,30D,31D,32D;. The Morgan fingerprint density at radius 3 is 0.970 bits per heavy atom. The van der Waals surface area contributed by atoms with Gasteiger partial charge in [0, 0.05) is 65.8 Å². The fourth-order valence-electron chi connectivity index (χ4n) is 13.4. The molecule has 0 aliphatic rings. The lowest BCUT2D eigenvalue weighted by atomic mass is 10.0. The molecule has 0 radical (unpaired) electrons. The Hall–Kier alpha value is -13.3. The first-order valence-corrected chi connectivity index (χ1v) is 31.8. The third kappa shape index (κ3) is 10.1. The topological polar surface area (TPSA) is 19.7 Å². The van der Waals surface area contributed by atoms with Crippen molar-refractivity contribution >= 4 is 87.2 Å². The average Bonchev–Trinajstić information content (AvgIpc) is 1.52. The summed E-state index contributed by atoms with van der Waals surface area (Å²) >= 11 is 0. The van der Waals surface area contributed by atoms with E-state index in [0.29, 0.717) is 9.13 Å². The molecule has 0 aliphatic heterocycles. The third-order valence-electron chi connectivity index (χ3n) is 17.8. The molecule has 0 amide bonds. The van der Waals surface area contributed by atoms with Crippen LogP contribution in [-0.4, -0.2) is 18.3 Å². The average molecular weight is 1310 g/mol. The van der Waals surface area contributed by atoms with Crippen molar-refractivity contribution in [3.05, 3.63) is 387 Å². The first-order valence-electron chi connectivity index (χ1n) is 47.8. The smallest absolute Gasteiger partial charge is 0.0651 e. The van der Waals surface area contributed by atoms with Crippen molar-refractivity contribution in [1.29, 1.82) is 0 Å². The Labute approximate surface area is 624 Å². The van der Waals surface area contributed by atoms with Crippen LogP contribution in [0.4, 0.5) is 0 Å². The lowest BCUT2D eigenvalue weighted by molar-refractivity contribution is 1.18. The van der Waals surface area contributed by atoms with Crippen LogP contribution in [0.15, 0.2) is 387 Å². The van der Waals surface area contributed by atoms with Crippen LogP contribution in [0.2, 0.25) is 0 Å². The molecular formula is C96H64N4. The van der Waals surface area contributed by atoms with Gasteiger partial charge in [0.25, 0.3) is 0 Å². The van der Waals surface area contributed by atoms with Gasteiger partial charge < -0.3 is 18.3 Å². The highest BCUT2D eigenvalue weighted by molar-refractivity contribution is 6.15. The Morgan fingerprint density at radius 2 is 0.510 bits per heavy atom. The molecule has 0 spiro atoms. The molecule has 4 nitrogen and oxygen atoms in total. The number of benzene rings is 16. The second-order valence-corrected chi connectivity index (χ2v) is 23.5. The Balaban J connectivity index is 0.000000190. The van der Waals surface area contributed by atoms with E-state index in [0.717, 1.165) is 11.4 Å². The maximum Gasteiger partial charge on any atom is 0.0651 e. The fraction of sp³-hybridized carbons (Fsp3) is 0. The molecule has 0 aliphatic carbocycles. The van der Waals surface area contributed by atoms with Gasteiger partial charge in [-0.15, -0.1) is 0 Å². The van der Waals surface area contributed by atoms with Gasteiger partial charge in [0.2, 0.25) is 0 Å². The van der Waals surface area contributed by atoms with Crippen LogP contribution in [0.3, 0.4) is 0 Å². The van der Waals surface area contributed by atoms with Gasteiger partial charge >= 0.3 is 0 Å². The molecule has 0 saturated carbocycles. The highest BCUT2D eigenvalue weighted by Crippen LogP contribution is 2.43. The van der Waals surface area contributed by atoms with E-state index in [4.69, 9.17) is 27.4 Å². The van der Waals surface area contributed by atoms with Gasteiger partial charge in [-0.3, -0.25) is 0 Å². The molecular weight excluding hydrogens is 1210 g/mol. The normalized spacial score (nSPS) is 16.1. The summed E-state index contributed by atoms with van der Waals surface area (Å²) < 4.78 is 293. The molecule has 0 fully saturated rings. The summed E-state index contributed by atoms with van der Waals surface area (Å²) in [5.74, 6) is 0. The molecule has 0 bridgehead atoms. The van der Waals surface area contributed by atoms with E-state index in [1.165, 1.54) is 77.0 Å². The molecule has 0 atom stereocenters. The lowest BCUT2D eigenvalue weighted by Crippen LogP contribution is -1.94. The first-order chi connectivity index (χ1) is 62.9. The third-order valence-corrected chi connectivity index (χ3v) is 17.8. The minimum absolute atomic E-state index is 0.661. The zero-order chi connectivity index (χ0) is 93.9. The summed E-state index contributed by atoms with van der Waals surface area (Å²) in [7, 11) is 0. The van der Waals surface area contributed by atoms with Gasteiger partial charge in [-0.25, -0.2) is 0 Å². The van der Waals surface area contributed by atoms with E-state index in [1.54, 1.807) is 0 Å².